The molecule has 0 spiro atoms. The summed E-state index contributed by atoms with van der Waals surface area (Å²) in [6.07, 6.45) is 0.529. The second-order valence-electron chi connectivity index (χ2n) is 5.81. The highest BCUT2D eigenvalue weighted by atomic mass is 16.6. The van der Waals surface area contributed by atoms with E-state index in [-0.39, 0.29) is 18.9 Å². The first kappa shape index (κ1) is 15.5. The van der Waals surface area contributed by atoms with E-state index in [1.807, 2.05) is 0 Å². The Bertz CT molecular complexity index is 387. The van der Waals surface area contributed by atoms with E-state index in [0.29, 0.717) is 6.42 Å². The Kier molecular flexibility index (Phi) is 4.55. The first-order chi connectivity index (χ1) is 8.65. The largest absolute Gasteiger partial charge is 0.458 e. The predicted octanol–water partition coefficient (Wildman–Crippen LogP) is 0.441. The highest BCUT2D eigenvalue weighted by Crippen LogP contribution is 2.23. The summed E-state index contributed by atoms with van der Waals surface area (Å²) in [5.74, 6) is -1.67. The zero-order chi connectivity index (χ0) is 14.8. The van der Waals surface area contributed by atoms with Crippen LogP contribution in [0.25, 0.3) is 0 Å². The number of esters is 1. The smallest absolute Gasteiger partial charge is 0.329 e. The van der Waals surface area contributed by atoms with Crippen molar-refractivity contribution in [3.8, 4) is 0 Å². The molecule has 1 unspecified atom stereocenters. The molecule has 0 aromatic carbocycles. The van der Waals surface area contributed by atoms with Gasteiger partial charge in [0.25, 0.3) is 0 Å². The van der Waals surface area contributed by atoms with Crippen LogP contribution in [-0.4, -0.2) is 40.9 Å². The Hall–Kier alpha value is -1.59. The van der Waals surface area contributed by atoms with E-state index in [4.69, 9.17) is 10.5 Å². The topological polar surface area (TPSA) is 89.7 Å². The van der Waals surface area contributed by atoms with Gasteiger partial charge in [-0.25, -0.2) is 4.79 Å². The quantitative estimate of drug-likeness (QED) is 0.751. The number of amides is 2. The molecule has 0 aromatic rings. The molecule has 0 saturated carbocycles. The van der Waals surface area contributed by atoms with Crippen LogP contribution in [0.15, 0.2) is 0 Å². The van der Waals surface area contributed by atoms with Gasteiger partial charge < -0.3 is 15.4 Å². The number of ether oxygens (including phenoxy) is 1. The van der Waals surface area contributed by atoms with Crippen molar-refractivity contribution >= 4 is 17.8 Å². The van der Waals surface area contributed by atoms with Crippen molar-refractivity contribution in [2.24, 2.45) is 11.7 Å². The lowest BCUT2D eigenvalue weighted by Gasteiger charge is -2.29. The van der Waals surface area contributed by atoms with Gasteiger partial charge in [-0.2, -0.15) is 0 Å². The summed E-state index contributed by atoms with van der Waals surface area (Å²) in [6.45, 7) is 7.33. The van der Waals surface area contributed by atoms with E-state index >= 15 is 0 Å². The van der Waals surface area contributed by atoms with Gasteiger partial charge in [0.2, 0.25) is 11.8 Å². The third-order valence-electron chi connectivity index (χ3n) is 3.00. The molecule has 1 aliphatic heterocycles. The number of primary amides is 1. The van der Waals surface area contributed by atoms with Gasteiger partial charge >= 0.3 is 5.97 Å². The van der Waals surface area contributed by atoms with Crippen LogP contribution in [0.5, 0.6) is 0 Å². The number of hydrogen-bond donors (Lipinski definition) is 1. The van der Waals surface area contributed by atoms with Crippen LogP contribution in [0, 0.1) is 5.92 Å². The molecule has 1 fully saturated rings. The summed E-state index contributed by atoms with van der Waals surface area (Å²) in [6, 6.07) is -0.643. The zero-order valence-electron chi connectivity index (χ0n) is 11.9. The lowest BCUT2D eigenvalue weighted by atomic mass is 10.1. The molecule has 1 rings (SSSR count). The molecule has 1 aliphatic rings. The number of carbonyl (C=O) groups is 3. The van der Waals surface area contributed by atoms with Gasteiger partial charge in [-0.3, -0.25) is 9.59 Å². The van der Waals surface area contributed by atoms with Gasteiger partial charge in [-0.15, -0.1) is 0 Å². The van der Waals surface area contributed by atoms with Crippen LogP contribution < -0.4 is 5.73 Å². The summed E-state index contributed by atoms with van der Waals surface area (Å²) in [7, 11) is 0. The molecule has 0 radical (unpaired) electrons. The molecule has 6 heteroatoms. The van der Waals surface area contributed by atoms with E-state index in [1.165, 1.54) is 4.90 Å². The molecule has 6 nitrogen and oxygen atoms in total. The molecule has 1 saturated heterocycles. The summed E-state index contributed by atoms with van der Waals surface area (Å²) in [5.41, 5.74) is 4.61. The fourth-order valence-electron chi connectivity index (χ4n) is 2.11. The van der Waals surface area contributed by atoms with Crippen LogP contribution in [-0.2, 0) is 19.1 Å². The van der Waals surface area contributed by atoms with Crippen LogP contribution in [0.2, 0.25) is 0 Å². The minimum atomic E-state index is -0.643. The SMILES string of the molecule is CC[C@H](C(=O)OC(C)(C)C)N1CC(C(N)=O)CC1=O. The fraction of sp³-hybridized carbons (Fsp3) is 0.769. The van der Waals surface area contributed by atoms with Crippen molar-refractivity contribution < 1.29 is 19.1 Å². The van der Waals surface area contributed by atoms with Gasteiger partial charge in [-0.1, -0.05) is 6.92 Å². The molecule has 0 aromatic heterocycles. The Balaban J connectivity index is 2.78. The maximum atomic E-state index is 12.1. The maximum absolute atomic E-state index is 12.1. The predicted molar refractivity (Wildman–Crippen MR) is 68.9 cm³/mol. The van der Waals surface area contributed by atoms with E-state index in [0.717, 1.165) is 0 Å². The third-order valence-corrected chi connectivity index (χ3v) is 3.00. The number of likely N-dealkylation sites (tertiary alicyclic amines) is 1. The second kappa shape index (κ2) is 5.59. The first-order valence-corrected chi connectivity index (χ1v) is 6.47. The number of nitrogens with zero attached hydrogens (tertiary/aromatic N) is 1. The summed E-state index contributed by atoms with van der Waals surface area (Å²) in [4.78, 5) is 36.5. The monoisotopic (exact) mass is 270 g/mol. The van der Waals surface area contributed by atoms with Gasteiger partial charge in [0.1, 0.15) is 11.6 Å². The van der Waals surface area contributed by atoms with Gasteiger partial charge in [0.05, 0.1) is 5.92 Å². The van der Waals surface area contributed by atoms with E-state index < -0.39 is 29.4 Å². The second-order valence-corrected chi connectivity index (χ2v) is 5.81. The summed E-state index contributed by atoms with van der Waals surface area (Å²) < 4.78 is 5.30. The van der Waals surface area contributed by atoms with E-state index in [2.05, 4.69) is 0 Å². The highest BCUT2D eigenvalue weighted by molar-refractivity contribution is 5.91. The Morgan fingerprint density at radius 2 is 2.05 bits per heavy atom. The molecule has 0 bridgehead atoms. The molecule has 2 amide bonds. The summed E-state index contributed by atoms with van der Waals surface area (Å²) >= 11 is 0. The molecule has 2 N–H and O–H groups in total. The van der Waals surface area contributed by atoms with E-state index in [9.17, 15) is 14.4 Å². The van der Waals surface area contributed by atoms with Gasteiger partial charge in [0, 0.05) is 13.0 Å². The maximum Gasteiger partial charge on any atom is 0.329 e. The van der Waals surface area contributed by atoms with Crippen molar-refractivity contribution in [1.29, 1.82) is 0 Å². The summed E-state index contributed by atoms with van der Waals surface area (Å²) in [5, 5.41) is 0. The van der Waals surface area contributed by atoms with Crippen molar-refractivity contribution in [2.75, 3.05) is 6.54 Å². The molecule has 2 atom stereocenters. The normalized spacial score (nSPS) is 21.4. The molecular formula is C13H22N2O4. The van der Waals surface area contributed by atoms with Gasteiger partial charge in [-0.05, 0) is 27.2 Å². The Labute approximate surface area is 113 Å². The van der Waals surface area contributed by atoms with E-state index in [1.54, 1.807) is 27.7 Å². The Morgan fingerprint density at radius 1 is 1.47 bits per heavy atom. The number of nitrogens with two attached hydrogens (primary N) is 1. The van der Waals surface area contributed by atoms with Gasteiger partial charge in [0.15, 0.2) is 0 Å². The van der Waals surface area contributed by atoms with Crippen LogP contribution in [0.1, 0.15) is 40.5 Å². The standard InChI is InChI=1S/C13H22N2O4/c1-5-9(12(18)19-13(2,3)4)15-7-8(11(14)17)6-10(15)16/h8-9H,5-7H2,1-4H3,(H2,14,17)/t8?,9-/m1/s1. The highest BCUT2D eigenvalue weighted by Gasteiger charge is 2.40. The zero-order valence-corrected chi connectivity index (χ0v) is 11.9. The van der Waals surface area contributed by atoms with Crippen LogP contribution in [0.4, 0.5) is 0 Å². The van der Waals surface area contributed by atoms with Crippen molar-refractivity contribution in [3.63, 3.8) is 0 Å². The van der Waals surface area contributed by atoms with Crippen LogP contribution in [0.3, 0.4) is 0 Å². The number of rotatable bonds is 4. The van der Waals surface area contributed by atoms with Crippen molar-refractivity contribution in [3.05, 3.63) is 0 Å². The third kappa shape index (κ3) is 3.94. The molecule has 19 heavy (non-hydrogen) atoms. The molecule has 108 valence electrons. The Morgan fingerprint density at radius 3 is 2.42 bits per heavy atom. The molecular weight excluding hydrogens is 248 g/mol. The fourth-order valence-corrected chi connectivity index (χ4v) is 2.11. The molecule has 0 aliphatic carbocycles. The number of carbonyl (C=O) groups excluding carboxylic acids is 3. The van der Waals surface area contributed by atoms with Crippen molar-refractivity contribution in [1.82, 2.24) is 4.90 Å². The first-order valence-electron chi connectivity index (χ1n) is 6.47. The van der Waals surface area contributed by atoms with Crippen LogP contribution >= 0.6 is 0 Å². The lowest BCUT2D eigenvalue weighted by molar-refractivity contribution is -0.164. The average molecular weight is 270 g/mol. The molecule has 1 heterocycles. The lowest BCUT2D eigenvalue weighted by Crippen LogP contribution is -2.45. The minimum Gasteiger partial charge on any atom is -0.458 e. The van der Waals surface area contributed by atoms with Crippen molar-refractivity contribution in [2.45, 2.75) is 52.2 Å². The average Bonchev–Trinajstić information content (AvgIpc) is 2.59. The minimum absolute atomic E-state index is 0.0780. The number of hydrogen-bond acceptors (Lipinski definition) is 4.